The summed E-state index contributed by atoms with van der Waals surface area (Å²) in [6, 6.07) is 4.54. The van der Waals surface area contributed by atoms with Crippen LogP contribution in [-0.2, 0) is 20.4 Å². The maximum absolute atomic E-state index is 12.9. The summed E-state index contributed by atoms with van der Waals surface area (Å²) in [6.45, 7) is 5.40. The Bertz CT molecular complexity index is 831. The lowest BCUT2D eigenvalue weighted by molar-refractivity contribution is -0.122. The minimum absolute atomic E-state index is 0.0366. The monoisotopic (exact) mass is 369 g/mol. The van der Waals surface area contributed by atoms with Gasteiger partial charge < -0.3 is 9.73 Å². The molecule has 0 aliphatic carbocycles. The summed E-state index contributed by atoms with van der Waals surface area (Å²) in [4.78, 5) is 11.6. The maximum atomic E-state index is 12.9. The van der Waals surface area contributed by atoms with Crippen LogP contribution in [-0.4, -0.2) is 24.5 Å². The average molecular weight is 369 g/mol. The lowest BCUT2D eigenvalue weighted by Gasteiger charge is -2.18. The number of amides is 1. The highest BCUT2D eigenvalue weighted by Gasteiger charge is 2.28. The molecule has 9 heteroatoms. The second-order valence-corrected chi connectivity index (χ2v) is 7.80. The molecule has 1 aromatic carbocycles. The normalized spacial score (nSPS) is 13.0. The Morgan fingerprint density at radius 2 is 1.88 bits per heavy atom. The smallest absolute Gasteiger partial charge is 0.335 e. The number of sulfone groups is 1. The van der Waals surface area contributed by atoms with E-state index in [9.17, 15) is 17.6 Å². The predicted octanol–water partition coefficient (Wildman–Crippen LogP) is 2.41. The first kappa shape index (κ1) is 19.0. The summed E-state index contributed by atoms with van der Waals surface area (Å²) in [6.07, 6.45) is 0.285. The molecule has 0 fully saturated rings. The third kappa shape index (κ3) is 4.85. The molecule has 1 aromatic heterocycles. The number of benzene rings is 1. The van der Waals surface area contributed by atoms with Gasteiger partial charge in [-0.3, -0.25) is 4.79 Å². The standard InChI is InChI=1S/C16H20FN3O4S/c1-4-13(21)18-14(10(2)3)15-19-20-16(24-15)25(22,23)9-11-5-7-12(17)8-6-11/h5-8,10,14H,4,9H2,1-3H3,(H,18,21)/t14-/m0/s1. The Balaban J connectivity index is 2.23. The summed E-state index contributed by atoms with van der Waals surface area (Å²) >= 11 is 0. The van der Waals surface area contributed by atoms with Crippen molar-refractivity contribution < 1.29 is 22.0 Å². The van der Waals surface area contributed by atoms with Crippen molar-refractivity contribution in [3.8, 4) is 0 Å². The number of hydrogen-bond acceptors (Lipinski definition) is 6. The van der Waals surface area contributed by atoms with Crippen LogP contribution in [0.4, 0.5) is 4.39 Å². The highest BCUT2D eigenvalue weighted by molar-refractivity contribution is 7.90. The molecule has 1 amide bonds. The van der Waals surface area contributed by atoms with Crippen molar-refractivity contribution in [2.24, 2.45) is 5.92 Å². The Hall–Kier alpha value is -2.29. The summed E-state index contributed by atoms with van der Waals surface area (Å²) in [7, 11) is -3.87. The van der Waals surface area contributed by atoms with Gasteiger partial charge in [0.2, 0.25) is 21.6 Å². The lowest BCUT2D eigenvalue weighted by atomic mass is 10.0. The van der Waals surface area contributed by atoms with Crippen LogP contribution >= 0.6 is 0 Å². The summed E-state index contributed by atoms with van der Waals surface area (Å²) in [5.41, 5.74) is 0.404. The fourth-order valence-electron chi connectivity index (χ4n) is 2.12. The van der Waals surface area contributed by atoms with Crippen LogP contribution in [0.2, 0.25) is 0 Å². The van der Waals surface area contributed by atoms with Gasteiger partial charge in [-0.2, -0.15) is 0 Å². The topological polar surface area (TPSA) is 102 Å². The largest absolute Gasteiger partial charge is 0.410 e. The van der Waals surface area contributed by atoms with Crippen LogP contribution in [0, 0.1) is 11.7 Å². The van der Waals surface area contributed by atoms with Crippen LogP contribution in [0.5, 0.6) is 0 Å². The average Bonchev–Trinajstić information content (AvgIpc) is 3.04. The fraction of sp³-hybridized carbons (Fsp3) is 0.438. The second kappa shape index (κ2) is 7.73. The van der Waals surface area contributed by atoms with Gasteiger partial charge in [0.25, 0.3) is 0 Å². The van der Waals surface area contributed by atoms with Crippen LogP contribution in [0.3, 0.4) is 0 Å². The Morgan fingerprint density at radius 3 is 2.44 bits per heavy atom. The molecule has 0 spiro atoms. The van der Waals surface area contributed by atoms with Gasteiger partial charge in [0.05, 0.1) is 5.75 Å². The zero-order valence-electron chi connectivity index (χ0n) is 14.2. The van der Waals surface area contributed by atoms with Gasteiger partial charge in [-0.15, -0.1) is 5.10 Å². The molecule has 2 aromatic rings. The van der Waals surface area contributed by atoms with Crippen LogP contribution in [0.1, 0.15) is 44.7 Å². The Morgan fingerprint density at radius 1 is 1.24 bits per heavy atom. The van der Waals surface area contributed by atoms with E-state index in [0.29, 0.717) is 5.56 Å². The molecule has 0 aliphatic heterocycles. The summed E-state index contributed by atoms with van der Waals surface area (Å²) < 4.78 is 43.0. The molecule has 1 N–H and O–H groups in total. The quantitative estimate of drug-likeness (QED) is 0.804. The first-order valence-corrected chi connectivity index (χ1v) is 9.48. The van der Waals surface area contributed by atoms with E-state index in [1.165, 1.54) is 24.3 Å². The molecule has 0 aliphatic rings. The van der Waals surface area contributed by atoms with E-state index in [0.717, 1.165) is 0 Å². The number of nitrogens with one attached hydrogen (secondary N) is 1. The molecule has 2 rings (SSSR count). The Labute approximate surface area is 145 Å². The number of aromatic nitrogens is 2. The number of halogens is 1. The van der Waals surface area contributed by atoms with E-state index < -0.39 is 26.9 Å². The van der Waals surface area contributed by atoms with Gasteiger partial charge >= 0.3 is 5.22 Å². The highest BCUT2D eigenvalue weighted by Crippen LogP contribution is 2.23. The first-order chi connectivity index (χ1) is 11.7. The third-order valence-corrected chi connectivity index (χ3v) is 4.94. The molecule has 0 radical (unpaired) electrons. The molecule has 1 heterocycles. The molecule has 0 saturated heterocycles. The maximum Gasteiger partial charge on any atom is 0.335 e. The van der Waals surface area contributed by atoms with E-state index >= 15 is 0 Å². The van der Waals surface area contributed by atoms with Crippen LogP contribution in [0.25, 0.3) is 0 Å². The van der Waals surface area contributed by atoms with Crippen molar-refractivity contribution >= 4 is 15.7 Å². The van der Waals surface area contributed by atoms with Crippen molar-refractivity contribution in [1.29, 1.82) is 0 Å². The third-order valence-electron chi connectivity index (χ3n) is 3.53. The van der Waals surface area contributed by atoms with E-state index in [2.05, 4.69) is 15.5 Å². The highest BCUT2D eigenvalue weighted by atomic mass is 32.2. The molecule has 0 bridgehead atoms. The van der Waals surface area contributed by atoms with Gasteiger partial charge in [0.1, 0.15) is 11.9 Å². The van der Waals surface area contributed by atoms with Gasteiger partial charge in [-0.25, -0.2) is 12.8 Å². The molecule has 136 valence electrons. The van der Waals surface area contributed by atoms with Crippen molar-refractivity contribution in [3.05, 3.63) is 41.5 Å². The van der Waals surface area contributed by atoms with Gasteiger partial charge in [0, 0.05) is 6.42 Å². The number of rotatable bonds is 7. The zero-order chi connectivity index (χ0) is 18.6. The number of hydrogen-bond donors (Lipinski definition) is 1. The van der Waals surface area contributed by atoms with Crippen LogP contribution < -0.4 is 5.32 Å². The second-order valence-electron chi connectivity index (χ2n) is 5.93. The SMILES string of the molecule is CCC(=O)N[C@H](c1nnc(S(=O)(=O)Cc2ccc(F)cc2)o1)C(C)C. The zero-order valence-corrected chi connectivity index (χ0v) is 15.0. The fourth-order valence-corrected chi connectivity index (χ4v) is 3.25. The number of carbonyl (C=O) groups excluding carboxylic acids is 1. The minimum atomic E-state index is -3.87. The summed E-state index contributed by atoms with van der Waals surface area (Å²) in [5, 5.41) is 9.59. The minimum Gasteiger partial charge on any atom is -0.410 e. The van der Waals surface area contributed by atoms with Crippen molar-refractivity contribution in [2.45, 2.75) is 44.2 Å². The number of carbonyl (C=O) groups is 1. The van der Waals surface area contributed by atoms with E-state index in [-0.39, 0.29) is 29.9 Å². The predicted molar refractivity (Wildman–Crippen MR) is 87.6 cm³/mol. The van der Waals surface area contributed by atoms with Crippen LogP contribution in [0.15, 0.2) is 33.9 Å². The van der Waals surface area contributed by atoms with Crippen molar-refractivity contribution in [3.63, 3.8) is 0 Å². The van der Waals surface area contributed by atoms with Crippen molar-refractivity contribution in [1.82, 2.24) is 15.5 Å². The van der Waals surface area contributed by atoms with Gasteiger partial charge in [-0.1, -0.05) is 38.0 Å². The molecule has 25 heavy (non-hydrogen) atoms. The number of nitrogens with zero attached hydrogens (tertiary/aromatic N) is 2. The molecule has 7 nitrogen and oxygen atoms in total. The van der Waals surface area contributed by atoms with E-state index in [1.54, 1.807) is 6.92 Å². The van der Waals surface area contributed by atoms with Gasteiger partial charge in [-0.05, 0) is 23.6 Å². The van der Waals surface area contributed by atoms with E-state index in [1.807, 2.05) is 13.8 Å². The van der Waals surface area contributed by atoms with Gasteiger partial charge in [0.15, 0.2) is 0 Å². The molecular formula is C16H20FN3O4S. The molecule has 0 saturated carbocycles. The first-order valence-electron chi connectivity index (χ1n) is 7.83. The lowest BCUT2D eigenvalue weighted by Crippen LogP contribution is -2.31. The molecule has 0 unspecified atom stereocenters. The van der Waals surface area contributed by atoms with Crippen molar-refractivity contribution in [2.75, 3.05) is 0 Å². The molecule has 1 atom stereocenters. The van der Waals surface area contributed by atoms with E-state index in [4.69, 9.17) is 4.42 Å². The Kier molecular flexibility index (Phi) is 5.89. The summed E-state index contributed by atoms with van der Waals surface area (Å²) in [5.74, 6) is -1.07. The molecular weight excluding hydrogens is 349 g/mol.